The summed E-state index contributed by atoms with van der Waals surface area (Å²) in [7, 11) is 0. The maximum Gasteiger partial charge on any atom is 2.00 e. The summed E-state index contributed by atoms with van der Waals surface area (Å²) in [5.74, 6) is 6.55. The third-order valence-corrected chi connectivity index (χ3v) is 7.73. The van der Waals surface area contributed by atoms with Crippen LogP contribution in [0.15, 0.2) is 97.1 Å². The Morgan fingerprint density at radius 3 is 0.780 bits per heavy atom. The van der Waals surface area contributed by atoms with Crippen LogP contribution < -0.4 is 31.2 Å². The summed E-state index contributed by atoms with van der Waals surface area (Å²) in [5, 5.41) is 22.8. The van der Waals surface area contributed by atoms with Gasteiger partial charge in [0.05, 0.1) is 23.3 Å². The van der Waals surface area contributed by atoms with E-state index in [9.17, 15) is 0 Å². The summed E-state index contributed by atoms with van der Waals surface area (Å²) in [4.78, 5) is 17.2. The maximum absolute atomic E-state index is 5.04. The van der Waals surface area contributed by atoms with Crippen molar-refractivity contribution in [3.63, 3.8) is 0 Å². The van der Waals surface area contributed by atoms with Crippen molar-refractivity contribution in [3.05, 3.63) is 97.1 Å². The summed E-state index contributed by atoms with van der Waals surface area (Å²) in [6, 6.07) is 33.1. The van der Waals surface area contributed by atoms with E-state index >= 15 is 0 Å². The molecule has 41 heavy (non-hydrogen) atoms. The van der Waals surface area contributed by atoms with Crippen LogP contribution >= 0.6 is 0 Å². The Bertz CT molecular complexity index is 1780. The Hall–Kier alpha value is -4.84. The number of aromatic nitrogens is 4. The summed E-state index contributed by atoms with van der Waals surface area (Å²) < 4.78 is 0. The molecular formula is C32H22CdN8. The first kappa shape index (κ1) is 24.0. The molecule has 0 spiro atoms. The standard InChI is InChI=1S/C32H22N8.Cd/c1-2-10-18-17(9-1)25-33-26(18)38-28-21-13-5-6-14-22(21)30(35-28)40-32-24-16-8-7-15-23(24)31(36-32)39-29-20-12-4-3-11-19(20)27(34-29)37-25;/h1-16,33,36-40H;/q-2;+2. The molecule has 4 aromatic carbocycles. The van der Waals surface area contributed by atoms with Gasteiger partial charge in [0.25, 0.3) is 0 Å². The van der Waals surface area contributed by atoms with E-state index in [1.54, 1.807) is 0 Å². The van der Waals surface area contributed by atoms with Crippen molar-refractivity contribution < 1.29 is 27.3 Å². The normalized spacial score (nSPS) is 12.5. The number of aromatic amines is 2. The number of nitrogens with zero attached hydrogens (tertiary/aromatic N) is 2. The Labute approximate surface area is 254 Å². The van der Waals surface area contributed by atoms with Gasteiger partial charge < -0.3 is 41.2 Å². The van der Waals surface area contributed by atoms with Gasteiger partial charge in [-0.3, -0.25) is 0 Å². The topological polar surface area (TPSA) is 108 Å². The fourth-order valence-electron chi connectivity index (χ4n) is 5.86. The summed E-state index contributed by atoms with van der Waals surface area (Å²) in [6.45, 7) is 0. The maximum atomic E-state index is 5.04. The second-order valence-corrected chi connectivity index (χ2v) is 10.1. The van der Waals surface area contributed by atoms with E-state index in [1.165, 1.54) is 0 Å². The average Bonchev–Trinajstić information content (AvgIpc) is 3.73. The molecule has 9 heteroatoms. The van der Waals surface area contributed by atoms with Gasteiger partial charge in [0.1, 0.15) is 0 Å². The predicted molar refractivity (Wildman–Crippen MR) is 164 cm³/mol. The molecule has 0 radical (unpaired) electrons. The third kappa shape index (κ3) is 3.63. The molecule has 4 aromatic heterocycles. The molecule has 9 rings (SSSR count). The molecule has 192 valence electrons. The minimum absolute atomic E-state index is 0. The van der Waals surface area contributed by atoms with Crippen molar-refractivity contribution in [1.29, 1.82) is 0 Å². The van der Waals surface area contributed by atoms with E-state index in [0.29, 0.717) is 0 Å². The molecule has 5 heterocycles. The van der Waals surface area contributed by atoms with Crippen molar-refractivity contribution in [2.45, 2.75) is 0 Å². The molecule has 0 aliphatic carbocycles. The van der Waals surface area contributed by atoms with Crippen LogP contribution in [0.2, 0.25) is 0 Å². The van der Waals surface area contributed by atoms with Gasteiger partial charge in [-0.1, -0.05) is 97.1 Å². The minimum Gasteiger partial charge on any atom is -0.400 e. The van der Waals surface area contributed by atoms with Crippen LogP contribution in [0.5, 0.6) is 0 Å². The summed E-state index contributed by atoms with van der Waals surface area (Å²) >= 11 is 0. The Kier molecular flexibility index (Phi) is 5.33. The van der Waals surface area contributed by atoms with Crippen LogP contribution in [0.1, 0.15) is 0 Å². The number of hydrogen-bond acceptors (Lipinski definition) is 4. The molecule has 8 bridgehead atoms. The van der Waals surface area contributed by atoms with Crippen LogP contribution in [0.25, 0.3) is 43.1 Å². The van der Waals surface area contributed by atoms with E-state index in [2.05, 4.69) is 79.8 Å². The molecule has 1 aliphatic rings. The molecule has 0 amide bonds. The van der Waals surface area contributed by atoms with E-state index in [4.69, 9.17) is 9.97 Å². The van der Waals surface area contributed by atoms with Crippen molar-refractivity contribution in [2.75, 3.05) is 21.3 Å². The van der Waals surface area contributed by atoms with E-state index in [0.717, 1.165) is 89.6 Å². The van der Waals surface area contributed by atoms with Gasteiger partial charge in [-0.05, 0) is 21.5 Å². The second-order valence-electron chi connectivity index (χ2n) is 10.1. The fraction of sp³-hybridized carbons (Fsp3) is 0. The van der Waals surface area contributed by atoms with Crippen molar-refractivity contribution in [2.24, 2.45) is 0 Å². The number of anilines is 8. The van der Waals surface area contributed by atoms with E-state index < -0.39 is 0 Å². The van der Waals surface area contributed by atoms with Crippen molar-refractivity contribution in [3.8, 4) is 0 Å². The Balaban J connectivity index is 0.00000256. The van der Waals surface area contributed by atoms with E-state index in [1.807, 2.05) is 48.5 Å². The monoisotopic (exact) mass is 632 g/mol. The molecule has 8 nitrogen and oxygen atoms in total. The molecule has 6 N–H and O–H groups in total. The number of rotatable bonds is 0. The molecule has 0 saturated carbocycles. The SMILES string of the molecule is [Cd+2].c1ccc2c3[n-]c(c2c1)Nc1[nH]c(c2ccccc12)Nc1[n-]c(c2ccccc12)Nc1[nH]c(c2ccccc12)N3. The van der Waals surface area contributed by atoms with Gasteiger partial charge in [0.2, 0.25) is 0 Å². The van der Waals surface area contributed by atoms with Crippen LogP contribution in [0.3, 0.4) is 0 Å². The fourth-order valence-corrected chi connectivity index (χ4v) is 5.86. The molecule has 8 aromatic rings. The smallest absolute Gasteiger partial charge is 0.400 e. The van der Waals surface area contributed by atoms with Crippen LogP contribution in [-0.2, 0) is 27.3 Å². The molecule has 0 saturated heterocycles. The Morgan fingerprint density at radius 2 is 0.537 bits per heavy atom. The molecule has 0 fully saturated rings. The number of hydrogen-bond donors (Lipinski definition) is 6. The first-order valence-corrected chi connectivity index (χ1v) is 13.2. The second kappa shape index (κ2) is 9.10. The van der Waals surface area contributed by atoms with Gasteiger partial charge in [-0.2, -0.15) is 0 Å². The molecule has 0 unspecified atom stereocenters. The zero-order valence-corrected chi connectivity index (χ0v) is 25.9. The van der Waals surface area contributed by atoms with Gasteiger partial charge >= 0.3 is 27.3 Å². The molecule has 1 aliphatic heterocycles. The van der Waals surface area contributed by atoms with E-state index in [-0.39, 0.29) is 27.3 Å². The average molecular weight is 631 g/mol. The largest absolute Gasteiger partial charge is 2.00 e. The zero-order chi connectivity index (χ0) is 26.2. The first-order chi connectivity index (χ1) is 19.8. The van der Waals surface area contributed by atoms with Gasteiger partial charge in [-0.25, -0.2) is 0 Å². The van der Waals surface area contributed by atoms with Gasteiger partial charge in [-0.15, -0.1) is 0 Å². The van der Waals surface area contributed by atoms with Crippen molar-refractivity contribution in [1.82, 2.24) is 19.9 Å². The van der Waals surface area contributed by atoms with Crippen LogP contribution in [0.4, 0.5) is 46.5 Å². The summed E-state index contributed by atoms with van der Waals surface area (Å²) in [5.41, 5.74) is 0. The Morgan fingerprint density at radius 1 is 0.317 bits per heavy atom. The first-order valence-electron chi connectivity index (χ1n) is 13.2. The van der Waals surface area contributed by atoms with Crippen LogP contribution in [0, 0.1) is 0 Å². The number of nitrogens with one attached hydrogen (secondary N) is 6. The van der Waals surface area contributed by atoms with Gasteiger partial charge in [0, 0.05) is 44.8 Å². The third-order valence-electron chi connectivity index (χ3n) is 7.73. The number of benzene rings is 4. The van der Waals surface area contributed by atoms with Gasteiger partial charge in [0.15, 0.2) is 0 Å². The number of fused-ring (bicyclic) bond motifs is 20. The molecule has 0 atom stereocenters. The minimum atomic E-state index is 0. The zero-order valence-electron chi connectivity index (χ0n) is 21.8. The summed E-state index contributed by atoms with van der Waals surface area (Å²) in [6.07, 6.45) is 0. The van der Waals surface area contributed by atoms with Crippen LogP contribution in [-0.4, -0.2) is 9.97 Å². The quantitative estimate of drug-likeness (QED) is 0.0944. The number of H-pyrrole nitrogens is 2. The van der Waals surface area contributed by atoms with Crippen molar-refractivity contribution >= 4 is 89.6 Å². The molecular weight excluding hydrogens is 609 g/mol. The predicted octanol–water partition coefficient (Wildman–Crippen LogP) is 8.16.